The zero-order valence-corrected chi connectivity index (χ0v) is 20.3. The Morgan fingerprint density at radius 1 is 0.800 bits per heavy atom. The monoisotopic (exact) mass is 427 g/mol. The molecule has 0 heterocycles. The summed E-state index contributed by atoms with van der Waals surface area (Å²) in [5.74, 6) is 0. The number of benzene rings is 2. The maximum absolute atomic E-state index is 11.0. The third-order valence-corrected chi connectivity index (χ3v) is 11.0. The Kier molecular flexibility index (Phi) is 10.8. The topological polar surface area (TPSA) is 41.5 Å². The van der Waals surface area contributed by atoms with Crippen molar-refractivity contribution in [1.29, 1.82) is 0 Å². The second-order valence-electron chi connectivity index (χ2n) is 8.52. The van der Waals surface area contributed by atoms with E-state index in [0.717, 1.165) is 0 Å². The molecule has 0 saturated carbocycles. The lowest BCUT2D eigenvalue weighted by Gasteiger charge is -2.34. The van der Waals surface area contributed by atoms with Crippen LogP contribution in [0.1, 0.15) is 64.1 Å². The second kappa shape index (κ2) is 13.1. The van der Waals surface area contributed by atoms with E-state index in [0.29, 0.717) is 6.61 Å². The van der Waals surface area contributed by atoms with Crippen LogP contribution in [0.2, 0.25) is 18.1 Å². The van der Waals surface area contributed by atoms with Gasteiger partial charge in [0.25, 0.3) is 0 Å². The van der Waals surface area contributed by atoms with Gasteiger partial charge >= 0.3 is 0 Å². The molecule has 0 aliphatic carbocycles. The van der Waals surface area contributed by atoms with Crippen LogP contribution in [0.3, 0.4) is 0 Å². The fourth-order valence-electron chi connectivity index (χ4n) is 4.41. The second-order valence-corrected chi connectivity index (χ2v) is 12.7. The summed E-state index contributed by atoms with van der Waals surface area (Å²) in [6.07, 6.45) is 2.97. The van der Waals surface area contributed by atoms with Gasteiger partial charge in [-0.2, -0.15) is 0 Å². The molecule has 0 saturated heterocycles. The number of nitrogens with one attached hydrogen (secondary N) is 1. The maximum Gasteiger partial charge on any atom is 0.192 e. The van der Waals surface area contributed by atoms with Gasteiger partial charge in [0.05, 0.1) is 18.8 Å². The molecule has 0 radical (unpaired) electrons. The number of hydrogen-bond acceptors (Lipinski definition) is 3. The van der Waals surface area contributed by atoms with E-state index in [4.69, 9.17) is 4.43 Å². The van der Waals surface area contributed by atoms with Crippen LogP contribution in [0.4, 0.5) is 0 Å². The molecule has 0 amide bonds. The SMILES string of the molecule is CCC[Si](CCC)(CCC)OC[C@H](O)[C@@H](C)NC(c1ccccc1)c1ccccc1. The molecule has 166 valence electrons. The van der Waals surface area contributed by atoms with Crippen LogP contribution in [0.25, 0.3) is 0 Å². The molecule has 2 atom stereocenters. The summed E-state index contributed by atoms with van der Waals surface area (Å²) in [7, 11) is -1.76. The summed E-state index contributed by atoms with van der Waals surface area (Å²) in [6, 6.07) is 24.5. The third-order valence-electron chi connectivity index (χ3n) is 5.95. The molecule has 30 heavy (non-hydrogen) atoms. The van der Waals surface area contributed by atoms with Crippen molar-refractivity contribution in [3.8, 4) is 0 Å². The first-order valence-electron chi connectivity index (χ1n) is 11.7. The largest absolute Gasteiger partial charge is 0.414 e. The minimum Gasteiger partial charge on any atom is -0.414 e. The van der Waals surface area contributed by atoms with E-state index >= 15 is 0 Å². The molecule has 2 N–H and O–H groups in total. The highest BCUT2D eigenvalue weighted by atomic mass is 28.4. The van der Waals surface area contributed by atoms with Crippen LogP contribution in [-0.2, 0) is 4.43 Å². The highest BCUT2D eigenvalue weighted by molar-refractivity contribution is 6.73. The van der Waals surface area contributed by atoms with Crippen molar-refractivity contribution in [2.75, 3.05) is 6.61 Å². The van der Waals surface area contributed by atoms with Crippen molar-refractivity contribution in [3.05, 3.63) is 71.8 Å². The molecular formula is C26H41NO2Si. The van der Waals surface area contributed by atoms with Gasteiger partial charge in [0.15, 0.2) is 8.32 Å². The van der Waals surface area contributed by atoms with Crippen molar-refractivity contribution < 1.29 is 9.53 Å². The summed E-state index contributed by atoms with van der Waals surface area (Å²) >= 11 is 0. The van der Waals surface area contributed by atoms with Crippen molar-refractivity contribution in [2.24, 2.45) is 0 Å². The first-order valence-corrected chi connectivity index (χ1v) is 14.3. The normalized spacial score (nSPS) is 14.1. The van der Waals surface area contributed by atoms with Gasteiger partial charge in [0.2, 0.25) is 0 Å². The van der Waals surface area contributed by atoms with Crippen molar-refractivity contribution >= 4 is 8.32 Å². The molecule has 0 spiro atoms. The van der Waals surface area contributed by atoms with E-state index in [1.54, 1.807) is 0 Å². The van der Waals surface area contributed by atoms with E-state index in [9.17, 15) is 5.11 Å². The Balaban J connectivity index is 2.08. The molecule has 2 rings (SSSR count). The third kappa shape index (κ3) is 7.35. The van der Waals surface area contributed by atoms with Gasteiger partial charge in [-0.3, -0.25) is 0 Å². The van der Waals surface area contributed by atoms with E-state index < -0.39 is 14.4 Å². The molecular weight excluding hydrogens is 386 g/mol. The molecule has 0 aromatic heterocycles. The van der Waals surface area contributed by atoms with Crippen LogP contribution >= 0.6 is 0 Å². The fraction of sp³-hybridized carbons (Fsp3) is 0.538. The predicted octanol–water partition coefficient (Wildman–Crippen LogP) is 6.31. The number of aliphatic hydroxyl groups excluding tert-OH is 1. The van der Waals surface area contributed by atoms with Gasteiger partial charge in [0.1, 0.15) is 0 Å². The Hall–Kier alpha value is -1.46. The van der Waals surface area contributed by atoms with Crippen LogP contribution < -0.4 is 5.32 Å². The molecule has 3 nitrogen and oxygen atoms in total. The minimum atomic E-state index is -1.76. The lowest BCUT2D eigenvalue weighted by atomic mass is 9.97. The van der Waals surface area contributed by atoms with Gasteiger partial charge in [-0.05, 0) is 36.2 Å². The van der Waals surface area contributed by atoms with Gasteiger partial charge in [-0.1, -0.05) is 101 Å². The van der Waals surface area contributed by atoms with Gasteiger partial charge in [-0.25, -0.2) is 0 Å². The van der Waals surface area contributed by atoms with E-state index in [1.165, 1.54) is 48.5 Å². The quantitative estimate of drug-likeness (QED) is 0.347. The zero-order chi connectivity index (χ0) is 21.8. The number of hydrogen-bond donors (Lipinski definition) is 2. The smallest absolute Gasteiger partial charge is 0.192 e. The summed E-state index contributed by atoms with van der Waals surface area (Å²) in [4.78, 5) is 0. The molecule has 0 aliphatic heterocycles. The molecule has 0 fully saturated rings. The molecule has 2 aromatic carbocycles. The van der Waals surface area contributed by atoms with Crippen LogP contribution in [0.5, 0.6) is 0 Å². The number of aliphatic hydroxyl groups is 1. The highest BCUT2D eigenvalue weighted by Gasteiger charge is 2.33. The molecule has 0 unspecified atom stereocenters. The van der Waals surface area contributed by atoms with E-state index in [1.807, 2.05) is 12.1 Å². The summed E-state index contributed by atoms with van der Waals surface area (Å²) in [6.45, 7) is 9.25. The average molecular weight is 428 g/mol. The predicted molar refractivity (Wildman–Crippen MR) is 130 cm³/mol. The fourth-order valence-corrected chi connectivity index (χ4v) is 8.86. The average Bonchev–Trinajstić information content (AvgIpc) is 2.77. The standard InChI is InChI=1S/C26H41NO2Si/c1-5-18-30(19-6-2,20-7-3)29-21-25(28)22(4)27-26(23-14-10-8-11-15-23)24-16-12-9-13-17-24/h8-17,22,25-28H,5-7,18-21H2,1-4H3/t22-,25+/m1/s1. The summed E-state index contributed by atoms with van der Waals surface area (Å²) < 4.78 is 6.58. The first-order chi connectivity index (χ1) is 14.5. The summed E-state index contributed by atoms with van der Waals surface area (Å²) in [5, 5.41) is 14.6. The van der Waals surface area contributed by atoms with Crippen LogP contribution in [-0.4, -0.2) is 32.2 Å². The minimum absolute atomic E-state index is 0.0426. The molecule has 0 aliphatic rings. The molecule has 4 heteroatoms. The van der Waals surface area contributed by atoms with Gasteiger partial charge < -0.3 is 14.8 Å². The molecule has 0 bridgehead atoms. The van der Waals surface area contributed by atoms with Crippen LogP contribution in [0.15, 0.2) is 60.7 Å². The zero-order valence-electron chi connectivity index (χ0n) is 19.3. The Morgan fingerprint density at radius 2 is 1.23 bits per heavy atom. The maximum atomic E-state index is 11.0. The van der Waals surface area contributed by atoms with Crippen LogP contribution in [0, 0.1) is 0 Å². The number of rotatable bonds is 14. The van der Waals surface area contributed by atoms with Gasteiger partial charge in [0, 0.05) is 6.04 Å². The molecule has 2 aromatic rings. The Morgan fingerprint density at radius 3 is 1.63 bits per heavy atom. The van der Waals surface area contributed by atoms with E-state index in [2.05, 4.69) is 81.5 Å². The highest BCUT2D eigenvalue weighted by Crippen LogP contribution is 2.28. The first kappa shape index (κ1) is 24.8. The Labute approximate surface area is 185 Å². The summed E-state index contributed by atoms with van der Waals surface area (Å²) in [5.41, 5.74) is 2.41. The Bertz CT molecular complexity index is 638. The van der Waals surface area contributed by atoms with Gasteiger partial charge in [-0.15, -0.1) is 0 Å². The van der Waals surface area contributed by atoms with Crippen molar-refractivity contribution in [2.45, 2.75) is 83.3 Å². The van der Waals surface area contributed by atoms with E-state index in [-0.39, 0.29) is 12.1 Å². The lowest BCUT2D eigenvalue weighted by molar-refractivity contribution is 0.0707. The van der Waals surface area contributed by atoms with Crippen molar-refractivity contribution in [1.82, 2.24) is 5.32 Å². The lowest BCUT2D eigenvalue weighted by Crippen LogP contribution is -2.46. The van der Waals surface area contributed by atoms with Crippen molar-refractivity contribution in [3.63, 3.8) is 0 Å².